The van der Waals surface area contributed by atoms with Gasteiger partial charge in [0.25, 0.3) is 0 Å². The summed E-state index contributed by atoms with van der Waals surface area (Å²) in [6.07, 6.45) is 0.739. The van der Waals surface area contributed by atoms with Crippen LogP contribution >= 0.6 is 0 Å². The molecule has 0 saturated carbocycles. The van der Waals surface area contributed by atoms with Crippen LogP contribution < -0.4 is 14.2 Å². The number of hydrogen-bond donors (Lipinski definition) is 1. The van der Waals surface area contributed by atoms with E-state index in [2.05, 4.69) is 0 Å². The molecule has 0 aliphatic carbocycles. The van der Waals surface area contributed by atoms with Gasteiger partial charge < -0.3 is 24.1 Å². The number of phenols is 1. The van der Waals surface area contributed by atoms with Crippen LogP contribution in [0.4, 0.5) is 0 Å². The third kappa shape index (κ3) is 8.62. The van der Waals surface area contributed by atoms with Crippen molar-refractivity contribution in [3.63, 3.8) is 0 Å². The van der Waals surface area contributed by atoms with Crippen molar-refractivity contribution in [2.45, 2.75) is 29.4 Å². The summed E-state index contributed by atoms with van der Waals surface area (Å²) in [7, 11) is -3.81. The molecular formula is C41H32O9S. The minimum absolute atomic E-state index is 0.0872. The Balaban J connectivity index is 1.03. The first-order valence-electron chi connectivity index (χ1n) is 15.8. The largest absolute Gasteiger partial charge is 0.508 e. The lowest BCUT2D eigenvalue weighted by molar-refractivity contribution is -0.117. The van der Waals surface area contributed by atoms with E-state index < -0.39 is 21.6 Å². The summed E-state index contributed by atoms with van der Waals surface area (Å²) in [5.74, 6) is 0.649. The number of ether oxygens (including phenoxy) is 4. The van der Waals surface area contributed by atoms with Crippen molar-refractivity contribution < 1.29 is 42.1 Å². The summed E-state index contributed by atoms with van der Waals surface area (Å²) in [4.78, 5) is 23.9. The van der Waals surface area contributed by atoms with Crippen LogP contribution in [0, 0.1) is 0 Å². The quantitative estimate of drug-likeness (QED) is 0.0755. The molecule has 6 rings (SSSR count). The number of benzene rings is 6. The number of esters is 1. The minimum Gasteiger partial charge on any atom is -0.508 e. The molecule has 0 aliphatic heterocycles. The van der Waals surface area contributed by atoms with Gasteiger partial charge in [0.2, 0.25) is 15.6 Å². The molecule has 6 aromatic rings. The van der Waals surface area contributed by atoms with Gasteiger partial charge in [-0.3, -0.25) is 4.79 Å². The van der Waals surface area contributed by atoms with E-state index >= 15 is 0 Å². The summed E-state index contributed by atoms with van der Waals surface area (Å²) in [5.41, 5.74) is 2.69. The Kier molecular flexibility index (Phi) is 9.88. The molecule has 6 aromatic carbocycles. The smallest absolute Gasteiger partial charge is 0.341 e. The number of hydrogen-bond acceptors (Lipinski definition) is 9. The average molecular weight is 701 g/mol. The first-order valence-corrected chi connectivity index (χ1v) is 17.2. The van der Waals surface area contributed by atoms with Gasteiger partial charge >= 0.3 is 5.97 Å². The molecule has 0 atom stereocenters. The molecule has 0 aromatic heterocycles. The maximum absolute atomic E-state index is 13.2. The van der Waals surface area contributed by atoms with E-state index in [-0.39, 0.29) is 21.1 Å². The second-order valence-electron chi connectivity index (χ2n) is 11.8. The Morgan fingerprint density at radius 3 is 1.41 bits per heavy atom. The van der Waals surface area contributed by atoms with Crippen molar-refractivity contribution in [1.29, 1.82) is 0 Å². The van der Waals surface area contributed by atoms with Gasteiger partial charge in [0.15, 0.2) is 0 Å². The monoisotopic (exact) mass is 700 g/mol. The van der Waals surface area contributed by atoms with Crippen molar-refractivity contribution in [1.82, 2.24) is 0 Å². The van der Waals surface area contributed by atoms with Crippen LogP contribution in [0.1, 0.15) is 34.6 Å². The molecule has 256 valence electrons. The highest BCUT2D eigenvalue weighted by Crippen LogP contribution is 2.30. The second kappa shape index (κ2) is 14.6. The summed E-state index contributed by atoms with van der Waals surface area (Å²) >= 11 is 0. The first kappa shape index (κ1) is 34.5. The van der Waals surface area contributed by atoms with Crippen molar-refractivity contribution in [2.75, 3.05) is 0 Å². The van der Waals surface area contributed by atoms with Crippen LogP contribution in [0.15, 0.2) is 155 Å². The van der Waals surface area contributed by atoms with E-state index in [1.54, 1.807) is 111 Å². The summed E-state index contributed by atoms with van der Waals surface area (Å²) in [6, 6.07) is 39.1. The Morgan fingerprint density at radius 2 is 0.961 bits per heavy atom. The van der Waals surface area contributed by atoms with E-state index in [1.165, 1.54) is 24.3 Å². The summed E-state index contributed by atoms with van der Waals surface area (Å²) in [5, 5.41) is 9.51. The standard InChI is InChI=1S/C41H32O9S/c1-41(2,49-37-17-7-30(8-18-37)29-5-11-32(43)12-6-29)50-40(44)31-9-15-34(16-10-31)48-36-21-25-39(26-22-36)51(45,46)38-23-19-35(20-24-38)47-33-13-3-28(27-42)4-14-33/h3-27,43H,1-2H3. The van der Waals surface area contributed by atoms with Gasteiger partial charge in [0.1, 0.15) is 40.8 Å². The van der Waals surface area contributed by atoms with Crippen molar-refractivity contribution >= 4 is 22.1 Å². The fourth-order valence-corrected chi connectivity index (χ4v) is 6.27. The highest BCUT2D eigenvalue weighted by molar-refractivity contribution is 7.91. The number of aromatic hydroxyl groups is 1. The maximum Gasteiger partial charge on any atom is 0.341 e. The van der Waals surface area contributed by atoms with Gasteiger partial charge in [-0.2, -0.15) is 0 Å². The SMILES string of the molecule is CC(C)(OC(=O)c1ccc(Oc2ccc(S(=O)(=O)c3ccc(Oc4ccc(C=O)cc4)cc3)cc2)cc1)Oc1ccc(-c2ccc(O)cc2)cc1. The van der Waals surface area contributed by atoms with Gasteiger partial charge in [0.05, 0.1) is 15.4 Å². The molecule has 1 N–H and O–H groups in total. The third-order valence-corrected chi connectivity index (χ3v) is 9.39. The molecule has 51 heavy (non-hydrogen) atoms. The summed E-state index contributed by atoms with van der Waals surface area (Å²) < 4.78 is 49.7. The van der Waals surface area contributed by atoms with Crippen LogP contribution in [-0.4, -0.2) is 31.6 Å². The normalized spacial score (nSPS) is 11.3. The van der Waals surface area contributed by atoms with Crippen molar-refractivity contribution in [3.8, 4) is 45.6 Å². The zero-order valence-electron chi connectivity index (χ0n) is 27.6. The number of aldehydes is 1. The molecule has 0 unspecified atom stereocenters. The van der Waals surface area contributed by atoms with Gasteiger partial charge in [-0.1, -0.05) is 24.3 Å². The van der Waals surface area contributed by atoms with E-state index in [0.29, 0.717) is 34.3 Å². The molecule has 0 radical (unpaired) electrons. The van der Waals surface area contributed by atoms with Crippen LogP contribution in [0.5, 0.6) is 34.5 Å². The highest BCUT2D eigenvalue weighted by atomic mass is 32.2. The molecule has 0 saturated heterocycles. The zero-order chi connectivity index (χ0) is 36.0. The molecule has 0 spiro atoms. The minimum atomic E-state index is -3.81. The number of rotatable bonds is 12. The fourth-order valence-electron chi connectivity index (χ4n) is 5.01. The second-order valence-corrected chi connectivity index (χ2v) is 13.8. The Labute approximate surface area is 295 Å². The Hall–Kier alpha value is -6.39. The van der Waals surface area contributed by atoms with Gasteiger partial charge in [-0.25, -0.2) is 13.2 Å². The molecular weight excluding hydrogens is 669 g/mol. The predicted octanol–water partition coefficient (Wildman–Crippen LogP) is 9.26. The van der Waals surface area contributed by atoms with Crippen LogP contribution in [0.3, 0.4) is 0 Å². The molecule has 0 bridgehead atoms. The molecule has 0 aliphatic rings. The third-order valence-electron chi connectivity index (χ3n) is 7.60. The highest BCUT2D eigenvalue weighted by Gasteiger charge is 2.26. The molecule has 0 fully saturated rings. The molecule has 10 heteroatoms. The Bertz CT molecular complexity index is 2230. The van der Waals surface area contributed by atoms with Gasteiger partial charge in [-0.05, 0) is 132 Å². The van der Waals surface area contributed by atoms with E-state index in [0.717, 1.165) is 17.4 Å². The van der Waals surface area contributed by atoms with E-state index in [9.17, 15) is 23.1 Å². The predicted molar refractivity (Wildman–Crippen MR) is 190 cm³/mol. The van der Waals surface area contributed by atoms with E-state index in [1.807, 2.05) is 24.3 Å². The number of carbonyl (C=O) groups excluding carboxylic acids is 2. The first-order chi connectivity index (χ1) is 24.5. The van der Waals surface area contributed by atoms with E-state index in [4.69, 9.17) is 18.9 Å². The van der Waals surface area contributed by atoms with Crippen LogP contribution in [0.2, 0.25) is 0 Å². The number of sulfone groups is 1. The summed E-state index contributed by atoms with van der Waals surface area (Å²) in [6.45, 7) is 3.28. The van der Waals surface area contributed by atoms with Crippen LogP contribution in [-0.2, 0) is 14.6 Å². The molecule has 9 nitrogen and oxygen atoms in total. The topological polar surface area (TPSA) is 125 Å². The van der Waals surface area contributed by atoms with Gasteiger partial charge in [0, 0.05) is 19.4 Å². The fraction of sp³-hybridized carbons (Fsp3) is 0.0732. The number of carbonyl (C=O) groups is 2. The van der Waals surface area contributed by atoms with Crippen LogP contribution in [0.25, 0.3) is 11.1 Å². The van der Waals surface area contributed by atoms with Crippen molar-refractivity contribution in [3.05, 3.63) is 157 Å². The lowest BCUT2D eigenvalue weighted by Gasteiger charge is -2.26. The maximum atomic E-state index is 13.2. The Morgan fingerprint density at radius 1 is 0.569 bits per heavy atom. The lowest BCUT2D eigenvalue weighted by Crippen LogP contribution is -2.34. The van der Waals surface area contributed by atoms with Gasteiger partial charge in [-0.15, -0.1) is 0 Å². The lowest BCUT2D eigenvalue weighted by atomic mass is 10.1. The average Bonchev–Trinajstić information content (AvgIpc) is 3.13. The van der Waals surface area contributed by atoms with Crippen molar-refractivity contribution in [2.24, 2.45) is 0 Å². The number of phenolic OH excluding ortho intramolecular Hbond substituents is 1. The molecule has 0 amide bonds. The molecule has 0 heterocycles. The zero-order valence-corrected chi connectivity index (χ0v) is 28.4.